The summed E-state index contributed by atoms with van der Waals surface area (Å²) in [5, 5.41) is 8.57. The topological polar surface area (TPSA) is 29.9 Å². The van der Waals surface area contributed by atoms with Crippen LogP contribution in [0.1, 0.15) is 31.2 Å². The number of aromatic nitrogens is 2. The smallest absolute Gasteiger partial charge is 0.0860 e. The molecule has 0 amide bonds. The molecule has 1 aromatic heterocycles. The van der Waals surface area contributed by atoms with Gasteiger partial charge < -0.3 is 5.32 Å². The maximum Gasteiger partial charge on any atom is 0.0860 e. The van der Waals surface area contributed by atoms with Crippen LogP contribution in [0, 0.1) is 6.92 Å². The molecule has 1 N–H and O–H groups in total. The van der Waals surface area contributed by atoms with Gasteiger partial charge in [-0.05, 0) is 26.7 Å². The Balaban J connectivity index is 2.08. The molecule has 1 heterocycles. The number of nitrogens with one attached hydrogen (secondary N) is 1. The van der Waals surface area contributed by atoms with Crippen molar-refractivity contribution in [2.75, 3.05) is 0 Å². The number of nitrogens with zero attached hydrogens (tertiary/aromatic N) is 2. The average molecular weight is 214 g/mol. The highest BCUT2D eigenvalue weighted by Crippen LogP contribution is 2.35. The van der Waals surface area contributed by atoms with E-state index in [0.717, 1.165) is 23.0 Å². The van der Waals surface area contributed by atoms with Crippen LogP contribution in [0.15, 0.2) is 0 Å². The summed E-state index contributed by atoms with van der Waals surface area (Å²) in [5.41, 5.74) is 2.34. The van der Waals surface area contributed by atoms with E-state index in [9.17, 15) is 0 Å². The molecule has 4 heteroatoms. The molecule has 1 fully saturated rings. The highest BCUT2D eigenvalue weighted by molar-refractivity contribution is 6.31. The van der Waals surface area contributed by atoms with E-state index in [1.165, 1.54) is 12.8 Å². The zero-order valence-corrected chi connectivity index (χ0v) is 9.65. The van der Waals surface area contributed by atoms with Gasteiger partial charge in [0.2, 0.25) is 0 Å². The second-order valence-electron chi connectivity index (χ2n) is 4.38. The van der Waals surface area contributed by atoms with Gasteiger partial charge in [-0.1, -0.05) is 11.6 Å². The summed E-state index contributed by atoms with van der Waals surface area (Å²) in [6, 6.07) is 0. The molecule has 0 saturated heterocycles. The van der Waals surface area contributed by atoms with Crippen LogP contribution in [-0.4, -0.2) is 15.3 Å². The Labute approximate surface area is 89.4 Å². The summed E-state index contributed by atoms with van der Waals surface area (Å²) < 4.78 is 1.86. The lowest BCUT2D eigenvalue weighted by atomic mass is 10.3. The first-order valence-corrected chi connectivity index (χ1v) is 5.33. The van der Waals surface area contributed by atoms with Crippen molar-refractivity contribution < 1.29 is 0 Å². The average Bonchev–Trinajstić information content (AvgIpc) is 2.78. The molecule has 1 aromatic rings. The van der Waals surface area contributed by atoms with Crippen molar-refractivity contribution in [2.45, 2.75) is 38.8 Å². The third-order valence-corrected chi connectivity index (χ3v) is 3.44. The van der Waals surface area contributed by atoms with E-state index in [1.807, 2.05) is 18.7 Å². The zero-order valence-electron chi connectivity index (χ0n) is 8.89. The molecule has 1 saturated carbocycles. The fraction of sp³-hybridized carbons (Fsp3) is 0.700. The van der Waals surface area contributed by atoms with Crippen molar-refractivity contribution in [1.82, 2.24) is 15.1 Å². The van der Waals surface area contributed by atoms with Crippen LogP contribution in [0.25, 0.3) is 0 Å². The van der Waals surface area contributed by atoms with E-state index >= 15 is 0 Å². The van der Waals surface area contributed by atoms with Crippen molar-refractivity contribution in [3.8, 4) is 0 Å². The van der Waals surface area contributed by atoms with E-state index in [1.54, 1.807) is 0 Å². The lowest BCUT2D eigenvalue weighted by molar-refractivity contribution is 0.517. The van der Waals surface area contributed by atoms with Gasteiger partial charge in [-0.25, -0.2) is 0 Å². The highest BCUT2D eigenvalue weighted by atomic mass is 35.5. The van der Waals surface area contributed by atoms with Crippen molar-refractivity contribution in [2.24, 2.45) is 7.05 Å². The molecule has 0 spiro atoms. The first-order chi connectivity index (χ1) is 6.52. The Kier molecular flexibility index (Phi) is 2.32. The van der Waals surface area contributed by atoms with Crippen LogP contribution in [0.4, 0.5) is 0 Å². The molecule has 1 aliphatic rings. The fourth-order valence-electron chi connectivity index (χ4n) is 1.53. The fourth-order valence-corrected chi connectivity index (χ4v) is 1.76. The minimum absolute atomic E-state index is 0.349. The SMILES string of the molecule is Cc1nn(C)c(CNC2(C)CC2)c1Cl. The Morgan fingerprint density at radius 1 is 1.57 bits per heavy atom. The summed E-state index contributed by atoms with van der Waals surface area (Å²) in [4.78, 5) is 0. The van der Waals surface area contributed by atoms with Crippen LogP contribution in [0.2, 0.25) is 5.02 Å². The molecular formula is C10H16ClN3. The number of halogens is 1. The van der Waals surface area contributed by atoms with Crippen molar-refractivity contribution >= 4 is 11.6 Å². The second-order valence-corrected chi connectivity index (χ2v) is 4.76. The van der Waals surface area contributed by atoms with E-state index in [4.69, 9.17) is 11.6 Å². The largest absolute Gasteiger partial charge is 0.306 e. The van der Waals surface area contributed by atoms with Gasteiger partial charge in [-0.2, -0.15) is 5.10 Å². The molecule has 3 nitrogen and oxygen atoms in total. The first-order valence-electron chi connectivity index (χ1n) is 4.95. The standard InChI is InChI=1S/C10H16ClN3/c1-7-9(11)8(14(3)13-7)6-12-10(2)4-5-10/h12H,4-6H2,1-3H3. The minimum Gasteiger partial charge on any atom is -0.306 e. The molecule has 0 aliphatic heterocycles. The molecule has 2 rings (SSSR count). The number of rotatable bonds is 3. The van der Waals surface area contributed by atoms with Gasteiger partial charge in [0.1, 0.15) is 0 Å². The third-order valence-electron chi connectivity index (χ3n) is 2.94. The third kappa shape index (κ3) is 1.79. The van der Waals surface area contributed by atoms with Crippen LogP contribution in [-0.2, 0) is 13.6 Å². The highest BCUT2D eigenvalue weighted by Gasteiger charge is 2.36. The van der Waals surface area contributed by atoms with Crippen molar-refractivity contribution in [3.63, 3.8) is 0 Å². The predicted octanol–water partition coefficient (Wildman–Crippen LogP) is 2.02. The second kappa shape index (κ2) is 3.24. The van der Waals surface area contributed by atoms with E-state index < -0.39 is 0 Å². The Morgan fingerprint density at radius 2 is 2.21 bits per heavy atom. The Bertz CT molecular complexity index is 352. The molecule has 0 unspecified atom stereocenters. The maximum atomic E-state index is 6.14. The van der Waals surface area contributed by atoms with Gasteiger partial charge in [0.05, 0.1) is 16.4 Å². The van der Waals surface area contributed by atoms with Gasteiger partial charge in [0, 0.05) is 19.1 Å². The zero-order chi connectivity index (χ0) is 10.3. The van der Waals surface area contributed by atoms with Gasteiger partial charge in [0.15, 0.2) is 0 Å². The van der Waals surface area contributed by atoms with E-state index in [-0.39, 0.29) is 0 Å². The van der Waals surface area contributed by atoms with Crippen LogP contribution >= 0.6 is 11.6 Å². The van der Waals surface area contributed by atoms with Gasteiger partial charge >= 0.3 is 0 Å². The van der Waals surface area contributed by atoms with E-state index in [0.29, 0.717) is 5.54 Å². The van der Waals surface area contributed by atoms with Gasteiger partial charge in [0.25, 0.3) is 0 Å². The van der Waals surface area contributed by atoms with Gasteiger partial charge in [-0.3, -0.25) is 4.68 Å². The molecule has 14 heavy (non-hydrogen) atoms. The summed E-state index contributed by atoms with van der Waals surface area (Å²) in [6.45, 7) is 4.99. The molecule has 1 aliphatic carbocycles. The summed E-state index contributed by atoms with van der Waals surface area (Å²) in [7, 11) is 1.94. The van der Waals surface area contributed by atoms with E-state index in [2.05, 4.69) is 17.3 Å². The first kappa shape index (κ1) is 9.99. The van der Waals surface area contributed by atoms with Gasteiger partial charge in [-0.15, -0.1) is 0 Å². The number of aryl methyl sites for hydroxylation is 2. The Hall–Kier alpha value is -0.540. The summed E-state index contributed by atoms with van der Waals surface area (Å²) in [5.74, 6) is 0. The van der Waals surface area contributed by atoms with Crippen molar-refractivity contribution in [3.05, 3.63) is 16.4 Å². The lowest BCUT2D eigenvalue weighted by Crippen LogP contribution is -2.28. The number of hydrogen-bond acceptors (Lipinski definition) is 2. The molecule has 0 bridgehead atoms. The van der Waals surface area contributed by atoms with Crippen molar-refractivity contribution in [1.29, 1.82) is 0 Å². The van der Waals surface area contributed by atoms with Crippen LogP contribution in [0.5, 0.6) is 0 Å². The summed E-state index contributed by atoms with van der Waals surface area (Å²) in [6.07, 6.45) is 2.53. The number of hydrogen-bond donors (Lipinski definition) is 1. The normalized spacial score (nSPS) is 18.6. The predicted molar refractivity (Wildman–Crippen MR) is 57.4 cm³/mol. The van der Waals surface area contributed by atoms with Crippen LogP contribution < -0.4 is 5.32 Å². The molecular weight excluding hydrogens is 198 g/mol. The monoisotopic (exact) mass is 213 g/mol. The lowest BCUT2D eigenvalue weighted by Gasteiger charge is -2.11. The van der Waals surface area contributed by atoms with Crippen LogP contribution in [0.3, 0.4) is 0 Å². The molecule has 0 radical (unpaired) electrons. The Morgan fingerprint density at radius 3 is 2.64 bits per heavy atom. The molecule has 0 aromatic carbocycles. The minimum atomic E-state index is 0.349. The quantitative estimate of drug-likeness (QED) is 0.833. The molecule has 0 atom stereocenters. The summed E-state index contributed by atoms with van der Waals surface area (Å²) >= 11 is 6.14. The molecule has 78 valence electrons. The maximum absolute atomic E-state index is 6.14.